The van der Waals surface area contributed by atoms with E-state index < -0.39 is 0 Å². The molecule has 0 bridgehead atoms. The molecule has 0 aliphatic heterocycles. The van der Waals surface area contributed by atoms with E-state index in [1.165, 1.54) is 18.3 Å². The maximum Gasteiger partial charge on any atom is 0.244 e. The molecule has 0 radical (unpaired) electrons. The Morgan fingerprint density at radius 2 is 1.74 bits per heavy atom. The number of ether oxygens (including phenoxy) is 2. The second-order valence-corrected chi connectivity index (χ2v) is 6.94. The zero-order chi connectivity index (χ0) is 22.1. The number of hydrogen-bond donors (Lipinski definition) is 1. The number of carbonyl (C=O) groups is 2. The molecule has 0 saturated carbocycles. The normalized spacial score (nSPS) is 10.4. The van der Waals surface area contributed by atoms with Gasteiger partial charge in [0.15, 0.2) is 0 Å². The molecule has 0 aliphatic carbocycles. The Hall–Kier alpha value is -3.74. The Balaban J connectivity index is 1.62. The quantitative estimate of drug-likeness (QED) is 0.533. The minimum absolute atomic E-state index is 0.123. The number of hydrogen-bond acceptors (Lipinski definition) is 5. The summed E-state index contributed by atoms with van der Waals surface area (Å²) in [7, 11) is 1.53. The van der Waals surface area contributed by atoms with Crippen LogP contribution in [0.5, 0.6) is 11.5 Å². The molecular weight excluding hydrogens is 396 g/mol. The van der Waals surface area contributed by atoms with Crippen LogP contribution in [0.3, 0.4) is 0 Å². The van der Waals surface area contributed by atoms with Gasteiger partial charge < -0.3 is 24.1 Å². The third-order valence-corrected chi connectivity index (χ3v) is 4.66. The summed E-state index contributed by atoms with van der Waals surface area (Å²) in [4.78, 5) is 26.9. The van der Waals surface area contributed by atoms with Gasteiger partial charge in [-0.25, -0.2) is 0 Å². The summed E-state index contributed by atoms with van der Waals surface area (Å²) in [6, 6.07) is 18.2. The number of aryl methyl sites for hydroxylation is 1. The van der Waals surface area contributed by atoms with E-state index in [1.54, 1.807) is 30.3 Å². The highest BCUT2D eigenvalue weighted by Crippen LogP contribution is 2.23. The second-order valence-electron chi connectivity index (χ2n) is 6.94. The Bertz CT molecular complexity index is 1000. The molecule has 0 saturated heterocycles. The van der Waals surface area contributed by atoms with Crippen molar-refractivity contribution < 1.29 is 23.5 Å². The van der Waals surface area contributed by atoms with Gasteiger partial charge >= 0.3 is 0 Å². The average Bonchev–Trinajstić information content (AvgIpc) is 3.28. The number of furan rings is 1. The largest absolute Gasteiger partial charge is 0.495 e. The average molecular weight is 422 g/mol. The number of para-hydroxylation sites is 3. The van der Waals surface area contributed by atoms with Crippen molar-refractivity contribution in [2.24, 2.45) is 0 Å². The van der Waals surface area contributed by atoms with Crippen molar-refractivity contribution in [1.82, 2.24) is 4.90 Å². The number of rotatable bonds is 10. The third kappa shape index (κ3) is 6.37. The number of nitrogens with zero attached hydrogens (tertiary/aromatic N) is 1. The minimum Gasteiger partial charge on any atom is -0.495 e. The van der Waals surface area contributed by atoms with Gasteiger partial charge in [-0.1, -0.05) is 30.3 Å². The molecule has 0 aliphatic rings. The molecule has 7 nitrogen and oxygen atoms in total. The van der Waals surface area contributed by atoms with Gasteiger partial charge in [-0.3, -0.25) is 9.59 Å². The van der Waals surface area contributed by atoms with Crippen LogP contribution < -0.4 is 14.8 Å². The van der Waals surface area contributed by atoms with E-state index in [0.717, 1.165) is 11.3 Å². The number of methoxy groups -OCH3 is 1. The van der Waals surface area contributed by atoms with E-state index in [4.69, 9.17) is 13.9 Å². The molecule has 1 N–H and O–H groups in total. The van der Waals surface area contributed by atoms with Gasteiger partial charge in [0, 0.05) is 0 Å². The summed E-state index contributed by atoms with van der Waals surface area (Å²) in [6.07, 6.45) is 1.67. The van der Waals surface area contributed by atoms with Crippen LogP contribution in [0.15, 0.2) is 71.3 Å². The fraction of sp³-hybridized carbons (Fsp3) is 0.250. The first kappa shape index (κ1) is 22.0. The zero-order valence-electron chi connectivity index (χ0n) is 17.7. The van der Waals surface area contributed by atoms with Gasteiger partial charge in [0.2, 0.25) is 11.8 Å². The van der Waals surface area contributed by atoms with Crippen LogP contribution in [0, 0.1) is 6.92 Å². The first-order valence-electron chi connectivity index (χ1n) is 9.98. The van der Waals surface area contributed by atoms with Gasteiger partial charge in [0.05, 0.1) is 38.6 Å². The van der Waals surface area contributed by atoms with E-state index in [1.807, 2.05) is 37.3 Å². The molecule has 162 valence electrons. The van der Waals surface area contributed by atoms with Crippen molar-refractivity contribution in [3.05, 3.63) is 78.3 Å². The summed E-state index contributed by atoms with van der Waals surface area (Å²) in [6.45, 7) is 2.23. The lowest BCUT2D eigenvalue weighted by Gasteiger charge is -2.22. The van der Waals surface area contributed by atoms with E-state index in [2.05, 4.69) is 5.32 Å². The fourth-order valence-electron chi connectivity index (χ4n) is 3.06. The predicted octanol–water partition coefficient (Wildman–Crippen LogP) is 4.03. The molecule has 7 heteroatoms. The predicted molar refractivity (Wildman–Crippen MR) is 117 cm³/mol. The standard InChI is InChI=1S/C24H26N2O5/c1-18-8-3-5-11-21(18)31-15-13-24(28)26(16-19-9-7-14-30-19)17-23(27)25-20-10-4-6-12-22(20)29-2/h3-12,14H,13,15-17H2,1-2H3,(H,25,27). The fourth-order valence-corrected chi connectivity index (χ4v) is 3.06. The first-order chi connectivity index (χ1) is 15.1. The van der Waals surface area contributed by atoms with Crippen LogP contribution in [0.25, 0.3) is 0 Å². The smallest absolute Gasteiger partial charge is 0.244 e. The third-order valence-electron chi connectivity index (χ3n) is 4.66. The first-order valence-corrected chi connectivity index (χ1v) is 9.98. The Kier molecular flexibility index (Phi) is 7.70. The number of carbonyl (C=O) groups excluding carboxylic acids is 2. The Labute approximate surface area is 181 Å². The van der Waals surface area contributed by atoms with E-state index in [9.17, 15) is 9.59 Å². The van der Waals surface area contributed by atoms with Gasteiger partial charge in [0.1, 0.15) is 23.8 Å². The summed E-state index contributed by atoms with van der Waals surface area (Å²) < 4.78 is 16.4. The van der Waals surface area contributed by atoms with Crippen molar-refractivity contribution in [2.45, 2.75) is 19.9 Å². The lowest BCUT2D eigenvalue weighted by Crippen LogP contribution is -2.38. The molecule has 0 fully saturated rings. The molecule has 2 aromatic carbocycles. The highest BCUT2D eigenvalue weighted by molar-refractivity contribution is 5.95. The van der Waals surface area contributed by atoms with E-state index in [0.29, 0.717) is 17.2 Å². The van der Waals surface area contributed by atoms with Gasteiger partial charge in [-0.05, 0) is 42.8 Å². The number of anilines is 1. The van der Waals surface area contributed by atoms with Crippen LogP contribution >= 0.6 is 0 Å². The van der Waals surface area contributed by atoms with E-state index >= 15 is 0 Å². The van der Waals surface area contributed by atoms with Gasteiger partial charge in [0.25, 0.3) is 0 Å². The van der Waals surface area contributed by atoms with Crippen molar-refractivity contribution in [3.63, 3.8) is 0 Å². The maximum absolute atomic E-state index is 12.9. The van der Waals surface area contributed by atoms with Crippen LogP contribution in [0.4, 0.5) is 5.69 Å². The molecule has 1 aromatic heterocycles. The van der Waals surface area contributed by atoms with Crippen molar-refractivity contribution in [3.8, 4) is 11.5 Å². The number of nitrogens with one attached hydrogen (secondary N) is 1. The monoisotopic (exact) mass is 422 g/mol. The number of amides is 2. The molecule has 2 amide bonds. The molecule has 0 atom stereocenters. The summed E-state index contributed by atoms with van der Waals surface area (Å²) in [5, 5.41) is 2.80. The highest BCUT2D eigenvalue weighted by atomic mass is 16.5. The molecular formula is C24H26N2O5. The summed E-state index contributed by atoms with van der Waals surface area (Å²) in [5.41, 5.74) is 1.54. The zero-order valence-corrected chi connectivity index (χ0v) is 17.7. The number of benzene rings is 2. The lowest BCUT2D eigenvalue weighted by molar-refractivity contribution is -0.136. The SMILES string of the molecule is COc1ccccc1NC(=O)CN(Cc1ccco1)C(=O)CCOc1ccccc1C. The van der Waals surface area contributed by atoms with Crippen molar-refractivity contribution in [2.75, 3.05) is 25.6 Å². The van der Waals surface area contributed by atoms with Gasteiger partial charge in [-0.2, -0.15) is 0 Å². The Morgan fingerprint density at radius 3 is 2.45 bits per heavy atom. The van der Waals surface area contributed by atoms with Gasteiger partial charge in [-0.15, -0.1) is 0 Å². The van der Waals surface area contributed by atoms with Crippen molar-refractivity contribution >= 4 is 17.5 Å². The molecule has 31 heavy (non-hydrogen) atoms. The van der Waals surface area contributed by atoms with Crippen LogP contribution in [-0.2, 0) is 16.1 Å². The molecule has 1 heterocycles. The lowest BCUT2D eigenvalue weighted by atomic mass is 10.2. The van der Waals surface area contributed by atoms with Crippen LogP contribution in [0.2, 0.25) is 0 Å². The topological polar surface area (TPSA) is 81.0 Å². The minimum atomic E-state index is -0.329. The molecule has 3 rings (SSSR count). The van der Waals surface area contributed by atoms with Crippen LogP contribution in [0.1, 0.15) is 17.7 Å². The van der Waals surface area contributed by atoms with Crippen LogP contribution in [-0.4, -0.2) is 37.0 Å². The van der Waals surface area contributed by atoms with E-state index in [-0.39, 0.29) is 37.9 Å². The Morgan fingerprint density at radius 1 is 1.00 bits per heavy atom. The molecule has 0 spiro atoms. The van der Waals surface area contributed by atoms with Crippen molar-refractivity contribution in [1.29, 1.82) is 0 Å². The second kappa shape index (κ2) is 10.9. The summed E-state index contributed by atoms with van der Waals surface area (Å²) in [5.74, 6) is 1.34. The summed E-state index contributed by atoms with van der Waals surface area (Å²) >= 11 is 0. The maximum atomic E-state index is 12.9. The molecule has 3 aromatic rings. The highest BCUT2D eigenvalue weighted by Gasteiger charge is 2.20. The molecule has 0 unspecified atom stereocenters.